The molecule has 1 aromatic carbocycles. The van der Waals surface area contributed by atoms with E-state index in [2.05, 4.69) is 10.6 Å². The van der Waals surface area contributed by atoms with E-state index in [4.69, 9.17) is 0 Å². The lowest BCUT2D eigenvalue weighted by atomic mass is 10.1. The van der Waals surface area contributed by atoms with E-state index in [1.165, 1.54) is 6.07 Å². The minimum absolute atomic E-state index is 0.0822. The van der Waals surface area contributed by atoms with Gasteiger partial charge in [0, 0.05) is 6.04 Å². The number of rotatable bonds is 5. The standard InChI is InChI=1S/C14H21FN2O/c1-9(2)11(4)17-13(18)8-16-14-10(3)6-5-7-12(14)15/h5-7,9,11,16H,8H2,1-4H3,(H,17,18). The van der Waals surface area contributed by atoms with E-state index < -0.39 is 0 Å². The highest BCUT2D eigenvalue weighted by molar-refractivity contribution is 5.81. The molecule has 0 saturated carbocycles. The lowest BCUT2D eigenvalue weighted by molar-refractivity contribution is -0.120. The van der Waals surface area contributed by atoms with Crippen molar-refractivity contribution in [2.24, 2.45) is 5.92 Å². The molecule has 0 bridgehead atoms. The summed E-state index contributed by atoms with van der Waals surface area (Å²) >= 11 is 0. The quantitative estimate of drug-likeness (QED) is 0.846. The van der Waals surface area contributed by atoms with Gasteiger partial charge in [-0.2, -0.15) is 0 Å². The predicted molar refractivity (Wildman–Crippen MR) is 72.1 cm³/mol. The average Bonchev–Trinajstić information content (AvgIpc) is 2.28. The van der Waals surface area contributed by atoms with Crippen molar-refractivity contribution in [1.29, 1.82) is 0 Å². The third-order valence-electron chi connectivity index (χ3n) is 3.04. The second-order valence-electron chi connectivity index (χ2n) is 4.89. The first-order valence-corrected chi connectivity index (χ1v) is 6.20. The lowest BCUT2D eigenvalue weighted by Crippen LogP contribution is -2.39. The molecule has 2 N–H and O–H groups in total. The number of halogens is 1. The van der Waals surface area contributed by atoms with E-state index in [1.54, 1.807) is 19.1 Å². The normalized spacial score (nSPS) is 12.3. The van der Waals surface area contributed by atoms with E-state index in [1.807, 2.05) is 20.8 Å². The summed E-state index contributed by atoms with van der Waals surface area (Å²) < 4.78 is 13.5. The maximum atomic E-state index is 13.5. The SMILES string of the molecule is Cc1cccc(F)c1NCC(=O)NC(C)C(C)C. The number of benzene rings is 1. The number of nitrogens with one attached hydrogen (secondary N) is 2. The fourth-order valence-electron chi connectivity index (χ4n) is 1.50. The second kappa shape index (κ2) is 6.38. The molecule has 1 rings (SSSR count). The number of amides is 1. The molecule has 0 aromatic heterocycles. The van der Waals surface area contributed by atoms with Crippen LogP contribution in [0.2, 0.25) is 0 Å². The largest absolute Gasteiger partial charge is 0.374 e. The molecule has 18 heavy (non-hydrogen) atoms. The summed E-state index contributed by atoms with van der Waals surface area (Å²) in [5, 5.41) is 5.70. The van der Waals surface area contributed by atoms with E-state index in [0.29, 0.717) is 11.6 Å². The van der Waals surface area contributed by atoms with Gasteiger partial charge >= 0.3 is 0 Å². The van der Waals surface area contributed by atoms with Crippen LogP contribution in [0.15, 0.2) is 18.2 Å². The van der Waals surface area contributed by atoms with Crippen molar-refractivity contribution >= 4 is 11.6 Å². The van der Waals surface area contributed by atoms with Crippen LogP contribution >= 0.6 is 0 Å². The fraction of sp³-hybridized carbons (Fsp3) is 0.500. The summed E-state index contributed by atoms with van der Waals surface area (Å²) in [5.74, 6) is -0.0808. The van der Waals surface area contributed by atoms with Crippen molar-refractivity contribution in [1.82, 2.24) is 5.32 Å². The zero-order chi connectivity index (χ0) is 13.7. The van der Waals surface area contributed by atoms with Gasteiger partial charge in [-0.25, -0.2) is 4.39 Å². The van der Waals surface area contributed by atoms with Crippen LogP contribution in [0.5, 0.6) is 0 Å². The van der Waals surface area contributed by atoms with Crippen LogP contribution in [0.25, 0.3) is 0 Å². The third-order valence-corrected chi connectivity index (χ3v) is 3.04. The molecule has 1 atom stereocenters. The highest BCUT2D eigenvalue weighted by Gasteiger charge is 2.11. The summed E-state index contributed by atoms with van der Waals surface area (Å²) in [7, 11) is 0. The summed E-state index contributed by atoms with van der Waals surface area (Å²) in [6.07, 6.45) is 0. The van der Waals surface area contributed by atoms with Gasteiger partial charge in [0.1, 0.15) is 5.82 Å². The molecule has 0 aliphatic carbocycles. The van der Waals surface area contributed by atoms with Crippen LogP contribution in [-0.4, -0.2) is 18.5 Å². The van der Waals surface area contributed by atoms with Gasteiger partial charge in [0.05, 0.1) is 12.2 Å². The van der Waals surface area contributed by atoms with Gasteiger partial charge in [0.2, 0.25) is 5.91 Å². The topological polar surface area (TPSA) is 41.1 Å². The molecule has 0 radical (unpaired) electrons. The van der Waals surface area contributed by atoms with Crippen LogP contribution in [0.4, 0.5) is 10.1 Å². The van der Waals surface area contributed by atoms with E-state index >= 15 is 0 Å². The highest BCUT2D eigenvalue weighted by atomic mass is 19.1. The monoisotopic (exact) mass is 252 g/mol. The first-order chi connectivity index (χ1) is 8.41. The molecule has 100 valence electrons. The molecule has 0 fully saturated rings. The first-order valence-electron chi connectivity index (χ1n) is 6.20. The van der Waals surface area contributed by atoms with Crippen molar-refractivity contribution in [3.63, 3.8) is 0 Å². The first kappa shape index (κ1) is 14.5. The van der Waals surface area contributed by atoms with E-state index in [0.717, 1.165) is 5.56 Å². The molecule has 4 heteroatoms. The Kier molecular flexibility index (Phi) is 5.13. The zero-order valence-corrected chi connectivity index (χ0v) is 11.4. The van der Waals surface area contributed by atoms with Gasteiger partial charge in [-0.1, -0.05) is 26.0 Å². The Bertz CT molecular complexity index is 398. The number of para-hydroxylation sites is 1. The molecule has 1 amide bonds. The Morgan fingerprint density at radius 2 is 2.00 bits per heavy atom. The molecule has 1 aromatic rings. The Morgan fingerprint density at radius 3 is 2.56 bits per heavy atom. The summed E-state index contributed by atoms with van der Waals surface area (Å²) in [4.78, 5) is 11.7. The summed E-state index contributed by atoms with van der Waals surface area (Å²) in [5.41, 5.74) is 1.18. The van der Waals surface area contributed by atoms with Crippen LogP contribution in [-0.2, 0) is 4.79 Å². The fourth-order valence-corrected chi connectivity index (χ4v) is 1.50. The van der Waals surface area contributed by atoms with Gasteiger partial charge in [-0.15, -0.1) is 0 Å². The summed E-state index contributed by atoms with van der Waals surface area (Å²) in [6, 6.07) is 4.95. The molecular weight excluding hydrogens is 231 g/mol. The summed E-state index contributed by atoms with van der Waals surface area (Å²) in [6.45, 7) is 7.93. The van der Waals surface area contributed by atoms with Crippen molar-refractivity contribution < 1.29 is 9.18 Å². The van der Waals surface area contributed by atoms with Crippen molar-refractivity contribution in [3.05, 3.63) is 29.6 Å². The van der Waals surface area contributed by atoms with Gasteiger partial charge in [0.25, 0.3) is 0 Å². The molecule has 0 spiro atoms. The molecule has 0 aliphatic rings. The smallest absolute Gasteiger partial charge is 0.239 e. The predicted octanol–water partition coefficient (Wildman–Crippen LogP) is 2.71. The van der Waals surface area contributed by atoms with Crippen molar-refractivity contribution in [3.8, 4) is 0 Å². The third kappa shape index (κ3) is 4.02. The number of carbonyl (C=O) groups is 1. The Hall–Kier alpha value is -1.58. The average molecular weight is 252 g/mol. The maximum absolute atomic E-state index is 13.5. The minimum Gasteiger partial charge on any atom is -0.374 e. The minimum atomic E-state index is -0.334. The number of aryl methyl sites for hydroxylation is 1. The van der Waals surface area contributed by atoms with Crippen molar-refractivity contribution in [2.45, 2.75) is 33.7 Å². The molecule has 3 nitrogen and oxygen atoms in total. The Labute approximate surface area is 108 Å². The van der Waals surface area contributed by atoms with Crippen LogP contribution < -0.4 is 10.6 Å². The Morgan fingerprint density at radius 1 is 1.33 bits per heavy atom. The van der Waals surface area contributed by atoms with Gasteiger partial charge < -0.3 is 10.6 Å². The zero-order valence-electron chi connectivity index (χ0n) is 11.4. The van der Waals surface area contributed by atoms with Gasteiger partial charge in [0.15, 0.2) is 0 Å². The van der Waals surface area contributed by atoms with Gasteiger partial charge in [-0.05, 0) is 31.4 Å². The highest BCUT2D eigenvalue weighted by Crippen LogP contribution is 2.18. The Balaban J connectivity index is 2.53. The molecule has 0 aliphatic heterocycles. The van der Waals surface area contributed by atoms with Crippen LogP contribution in [0.3, 0.4) is 0 Å². The van der Waals surface area contributed by atoms with Crippen LogP contribution in [0.1, 0.15) is 26.3 Å². The molecule has 0 saturated heterocycles. The molecular formula is C14H21FN2O. The number of anilines is 1. The second-order valence-corrected chi connectivity index (χ2v) is 4.89. The number of hydrogen-bond acceptors (Lipinski definition) is 2. The molecule has 1 unspecified atom stereocenters. The van der Waals surface area contributed by atoms with Crippen molar-refractivity contribution in [2.75, 3.05) is 11.9 Å². The molecule has 0 heterocycles. The van der Waals surface area contributed by atoms with E-state index in [-0.39, 0.29) is 24.3 Å². The lowest BCUT2D eigenvalue weighted by Gasteiger charge is -2.18. The number of hydrogen-bond donors (Lipinski definition) is 2. The van der Waals surface area contributed by atoms with E-state index in [9.17, 15) is 9.18 Å². The number of carbonyl (C=O) groups excluding carboxylic acids is 1. The van der Waals surface area contributed by atoms with Gasteiger partial charge in [-0.3, -0.25) is 4.79 Å². The van der Waals surface area contributed by atoms with Crippen LogP contribution in [0, 0.1) is 18.7 Å². The maximum Gasteiger partial charge on any atom is 0.239 e.